The molecule has 0 aliphatic rings. The lowest BCUT2D eigenvalue weighted by Gasteiger charge is -2.34. The highest BCUT2D eigenvalue weighted by molar-refractivity contribution is 5.89. The second-order valence-corrected chi connectivity index (χ2v) is 5.34. The number of anilines is 1. The van der Waals surface area contributed by atoms with Crippen LogP contribution in [0.5, 0.6) is 0 Å². The van der Waals surface area contributed by atoms with E-state index in [0.29, 0.717) is 5.69 Å². The number of ether oxygens (including phenoxy) is 2. The van der Waals surface area contributed by atoms with Gasteiger partial charge in [0.2, 0.25) is 0 Å². The Morgan fingerprint density at radius 2 is 1.92 bits per heavy atom. The van der Waals surface area contributed by atoms with Crippen LogP contribution < -0.4 is 10.6 Å². The van der Waals surface area contributed by atoms with Gasteiger partial charge in [-0.25, -0.2) is 14.6 Å². The van der Waals surface area contributed by atoms with E-state index in [1.54, 1.807) is 18.3 Å². The fraction of sp³-hybridized carbons (Fsp3) is 0.533. The number of aryl methyl sites for hydroxylation is 1. The van der Waals surface area contributed by atoms with E-state index < -0.39 is 30.0 Å². The fourth-order valence-electron chi connectivity index (χ4n) is 1.83. The fourth-order valence-corrected chi connectivity index (χ4v) is 1.83. The number of halogens is 3. The third kappa shape index (κ3) is 5.23. The maximum atomic E-state index is 13.8. The molecule has 0 unspecified atom stereocenters. The van der Waals surface area contributed by atoms with Gasteiger partial charge in [-0.15, -0.1) is 0 Å². The van der Waals surface area contributed by atoms with Crippen molar-refractivity contribution in [3.05, 3.63) is 23.9 Å². The minimum atomic E-state index is -5.24. The van der Waals surface area contributed by atoms with Gasteiger partial charge in [-0.3, -0.25) is 5.32 Å². The number of pyridine rings is 1. The van der Waals surface area contributed by atoms with Crippen LogP contribution in [0.2, 0.25) is 0 Å². The Balaban J connectivity index is 3.33. The summed E-state index contributed by atoms with van der Waals surface area (Å²) in [6, 6.07) is 4.23. The molecule has 0 radical (unpaired) electrons. The number of hydrogen-bond acceptors (Lipinski definition) is 6. The number of nitrogens with zero attached hydrogens (tertiary/aromatic N) is 1. The molecule has 0 fully saturated rings. The van der Waals surface area contributed by atoms with Gasteiger partial charge in [-0.1, -0.05) is 6.07 Å². The Morgan fingerprint density at radius 3 is 2.40 bits per heavy atom. The van der Waals surface area contributed by atoms with Crippen molar-refractivity contribution in [3.8, 4) is 0 Å². The molecule has 1 aromatic heterocycles. The molecule has 25 heavy (non-hydrogen) atoms. The lowest BCUT2D eigenvalue weighted by Crippen LogP contribution is -2.69. The summed E-state index contributed by atoms with van der Waals surface area (Å²) < 4.78 is 50.5. The lowest BCUT2D eigenvalue weighted by atomic mass is 10.1. The van der Waals surface area contributed by atoms with Gasteiger partial charge in [0.1, 0.15) is 5.82 Å². The molecule has 0 spiro atoms. The Hall–Kier alpha value is -2.52. The highest BCUT2D eigenvalue weighted by Gasteiger charge is 2.64. The number of esters is 1. The van der Waals surface area contributed by atoms with E-state index in [4.69, 9.17) is 0 Å². The van der Waals surface area contributed by atoms with E-state index in [1.807, 2.05) is 5.32 Å². The molecule has 7 nitrogen and oxygen atoms in total. The summed E-state index contributed by atoms with van der Waals surface area (Å²) in [5.41, 5.74) is -3.13. The second-order valence-electron chi connectivity index (χ2n) is 5.34. The van der Waals surface area contributed by atoms with Crippen molar-refractivity contribution in [2.24, 2.45) is 0 Å². The van der Waals surface area contributed by atoms with Crippen molar-refractivity contribution in [2.45, 2.75) is 45.6 Å². The summed E-state index contributed by atoms with van der Waals surface area (Å²) in [5.74, 6) is -2.00. The zero-order valence-electron chi connectivity index (χ0n) is 14.2. The highest BCUT2D eigenvalue weighted by Crippen LogP contribution is 2.33. The molecule has 0 saturated heterocycles. The predicted molar refractivity (Wildman–Crippen MR) is 82.8 cm³/mol. The average Bonchev–Trinajstić information content (AvgIpc) is 2.44. The first-order chi connectivity index (χ1) is 11.5. The largest absolute Gasteiger partial charge is 0.463 e. The van der Waals surface area contributed by atoms with Gasteiger partial charge in [0.25, 0.3) is 0 Å². The minimum absolute atomic E-state index is 0.268. The van der Waals surface area contributed by atoms with Crippen LogP contribution in [0.4, 0.5) is 23.8 Å². The van der Waals surface area contributed by atoms with Gasteiger partial charge in [0.05, 0.1) is 12.7 Å². The van der Waals surface area contributed by atoms with E-state index in [0.717, 1.165) is 0 Å². The third-order valence-corrected chi connectivity index (χ3v) is 2.84. The Kier molecular flexibility index (Phi) is 6.60. The number of carbonyl (C=O) groups excluding carboxylic acids is 2. The number of nitrogens with one attached hydrogen (secondary N) is 2. The Morgan fingerprint density at radius 1 is 1.28 bits per heavy atom. The molecule has 0 aliphatic carbocycles. The number of alkyl halides is 3. The van der Waals surface area contributed by atoms with Crippen LogP contribution in [0, 0.1) is 6.92 Å². The normalized spacial score (nSPS) is 13.8. The van der Waals surface area contributed by atoms with E-state index in [-0.39, 0.29) is 12.4 Å². The number of alkyl carbamates (subject to hydrolysis) is 1. The van der Waals surface area contributed by atoms with E-state index >= 15 is 0 Å². The van der Waals surface area contributed by atoms with Crippen LogP contribution in [0.25, 0.3) is 0 Å². The molecule has 0 bridgehead atoms. The molecular formula is C15H20F3N3O4. The molecule has 140 valence electrons. The van der Waals surface area contributed by atoms with Crippen LogP contribution in [0.3, 0.4) is 0 Å². The van der Waals surface area contributed by atoms with Crippen LogP contribution in [-0.2, 0) is 14.3 Å². The summed E-state index contributed by atoms with van der Waals surface area (Å²) in [6.45, 7) is 5.49. The first-order valence-corrected chi connectivity index (χ1v) is 7.46. The first-order valence-electron chi connectivity index (χ1n) is 7.46. The second kappa shape index (κ2) is 8.04. The molecule has 0 aliphatic heterocycles. The molecule has 1 amide bonds. The highest BCUT2D eigenvalue weighted by atomic mass is 19.4. The molecular weight excluding hydrogens is 343 g/mol. The van der Waals surface area contributed by atoms with Crippen molar-refractivity contribution < 1.29 is 32.2 Å². The quantitative estimate of drug-likeness (QED) is 0.597. The van der Waals surface area contributed by atoms with Crippen molar-refractivity contribution in [1.29, 1.82) is 0 Å². The van der Waals surface area contributed by atoms with Crippen LogP contribution in [0.1, 0.15) is 26.5 Å². The average molecular weight is 363 g/mol. The maximum Gasteiger partial charge on any atom is 0.442 e. The van der Waals surface area contributed by atoms with Gasteiger partial charge in [-0.2, -0.15) is 13.2 Å². The SMILES string of the molecule is CCOC(=O)[C@@](NC(=O)OC(C)C)(Nc1cccc(C)n1)C(F)(F)F. The molecule has 0 saturated carbocycles. The molecule has 0 aromatic carbocycles. The smallest absolute Gasteiger partial charge is 0.442 e. The zero-order valence-corrected chi connectivity index (χ0v) is 14.2. The number of carbonyl (C=O) groups is 2. The summed E-state index contributed by atoms with van der Waals surface area (Å²) in [5, 5.41) is 3.48. The standard InChI is InChI=1S/C15H20F3N3O4/c1-5-24-12(22)14(15(16,17)18,21-13(23)25-9(2)3)20-11-8-6-7-10(4)19-11/h6-9H,5H2,1-4H3,(H,19,20)(H,21,23)/t14-/m0/s1. The Bertz CT molecular complexity index is 622. The van der Waals surface area contributed by atoms with Gasteiger partial charge in [0.15, 0.2) is 0 Å². The predicted octanol–water partition coefficient (Wildman–Crippen LogP) is 2.76. The maximum absolute atomic E-state index is 13.8. The van der Waals surface area contributed by atoms with Crippen LogP contribution in [0.15, 0.2) is 18.2 Å². The van der Waals surface area contributed by atoms with Gasteiger partial charge >= 0.3 is 23.9 Å². The van der Waals surface area contributed by atoms with Gasteiger partial charge in [0, 0.05) is 5.69 Å². The van der Waals surface area contributed by atoms with E-state index in [1.165, 1.54) is 32.9 Å². The number of hydrogen-bond donors (Lipinski definition) is 2. The zero-order chi connectivity index (χ0) is 19.3. The number of aromatic nitrogens is 1. The van der Waals surface area contributed by atoms with Crippen LogP contribution >= 0.6 is 0 Å². The van der Waals surface area contributed by atoms with Crippen molar-refractivity contribution in [1.82, 2.24) is 10.3 Å². The summed E-state index contributed by atoms with van der Waals surface area (Å²) >= 11 is 0. The van der Waals surface area contributed by atoms with Crippen molar-refractivity contribution in [3.63, 3.8) is 0 Å². The molecule has 1 atom stereocenters. The number of amides is 1. The van der Waals surface area contributed by atoms with Gasteiger partial charge in [-0.05, 0) is 39.8 Å². The number of rotatable bonds is 6. The third-order valence-electron chi connectivity index (χ3n) is 2.84. The molecule has 1 aromatic rings. The summed E-state index contributed by atoms with van der Waals surface area (Å²) in [4.78, 5) is 27.8. The van der Waals surface area contributed by atoms with Crippen LogP contribution in [-0.4, -0.2) is 41.6 Å². The van der Waals surface area contributed by atoms with E-state index in [9.17, 15) is 22.8 Å². The van der Waals surface area contributed by atoms with Gasteiger partial charge < -0.3 is 14.8 Å². The lowest BCUT2D eigenvalue weighted by molar-refractivity contribution is -0.205. The van der Waals surface area contributed by atoms with E-state index in [2.05, 4.69) is 14.5 Å². The topological polar surface area (TPSA) is 89.5 Å². The molecule has 2 N–H and O–H groups in total. The monoisotopic (exact) mass is 363 g/mol. The van der Waals surface area contributed by atoms with Crippen molar-refractivity contribution >= 4 is 17.9 Å². The first kappa shape index (κ1) is 20.5. The van der Waals surface area contributed by atoms with Crippen molar-refractivity contribution in [2.75, 3.05) is 11.9 Å². The molecule has 1 heterocycles. The summed E-state index contributed by atoms with van der Waals surface area (Å²) in [6.07, 6.45) is -7.36. The Labute approximate surface area is 142 Å². The minimum Gasteiger partial charge on any atom is -0.463 e. The molecule has 1 rings (SSSR count). The summed E-state index contributed by atoms with van der Waals surface area (Å²) in [7, 11) is 0. The molecule has 10 heteroatoms.